The summed E-state index contributed by atoms with van der Waals surface area (Å²) in [6.45, 7) is 3.00. The smallest absolute Gasteiger partial charge is 0.369 e. The molecule has 2 rings (SSSR count). The number of hydrogen-bond donors (Lipinski definition) is 0. The molecule has 0 heterocycles. The van der Waals surface area contributed by atoms with E-state index in [-0.39, 0.29) is 43.4 Å². The first-order chi connectivity index (χ1) is 12.7. The van der Waals surface area contributed by atoms with E-state index >= 15 is 0 Å². The summed E-state index contributed by atoms with van der Waals surface area (Å²) < 4.78 is 88.5. The second-order valence-corrected chi connectivity index (χ2v) is 6.38. The highest BCUT2D eigenvalue weighted by Crippen LogP contribution is 2.48. The normalized spacial score (nSPS) is 18.1. The van der Waals surface area contributed by atoms with Crippen molar-refractivity contribution in [3.8, 4) is 0 Å². The number of unbranched alkanes of at least 4 members (excludes halogenated alkanes) is 1. The Bertz CT molecular complexity index is 736. The van der Waals surface area contributed by atoms with Crippen LogP contribution in [0.2, 0.25) is 0 Å². The number of alkyl halides is 4. The minimum absolute atomic E-state index is 0.139. The van der Waals surface area contributed by atoms with E-state index in [4.69, 9.17) is 0 Å². The number of aryl methyl sites for hydroxylation is 2. The van der Waals surface area contributed by atoms with E-state index < -0.39 is 34.8 Å². The van der Waals surface area contributed by atoms with Gasteiger partial charge < -0.3 is 4.74 Å². The maximum atomic E-state index is 14.1. The molecular weight excluding hydrogens is 370 g/mol. The molecule has 0 saturated heterocycles. The van der Waals surface area contributed by atoms with Gasteiger partial charge in [-0.1, -0.05) is 25.1 Å². The van der Waals surface area contributed by atoms with Crippen LogP contribution in [0, 0.1) is 11.6 Å². The van der Waals surface area contributed by atoms with Gasteiger partial charge in [-0.25, -0.2) is 8.78 Å². The number of ether oxygens (including phenoxy) is 1. The Morgan fingerprint density at radius 2 is 1.41 bits per heavy atom. The number of hydrogen-bond acceptors (Lipinski definition) is 1. The van der Waals surface area contributed by atoms with Gasteiger partial charge in [0.05, 0.1) is 6.61 Å². The SMILES string of the molecule is CCOC1=CC=C(CCCCc2ccc(CC)c(F)c2F)C(F)(F)C1(F)F. The molecule has 7 heteroatoms. The molecule has 1 aliphatic rings. The fraction of sp³-hybridized carbons (Fsp3) is 0.500. The molecule has 1 aliphatic carbocycles. The monoisotopic (exact) mass is 392 g/mol. The average molecular weight is 392 g/mol. The minimum atomic E-state index is -4.40. The first-order valence-electron chi connectivity index (χ1n) is 8.92. The van der Waals surface area contributed by atoms with Crippen LogP contribution >= 0.6 is 0 Å². The summed E-state index contributed by atoms with van der Waals surface area (Å²) in [6.07, 6.45) is 2.47. The van der Waals surface area contributed by atoms with Crippen LogP contribution in [0.1, 0.15) is 44.2 Å². The van der Waals surface area contributed by atoms with Crippen LogP contribution in [0.3, 0.4) is 0 Å². The summed E-state index contributed by atoms with van der Waals surface area (Å²) in [4.78, 5) is 0. The Balaban J connectivity index is 2.00. The van der Waals surface area contributed by atoms with Gasteiger partial charge in [-0.15, -0.1) is 0 Å². The minimum Gasteiger partial charge on any atom is -0.492 e. The molecule has 0 aromatic heterocycles. The van der Waals surface area contributed by atoms with Gasteiger partial charge >= 0.3 is 11.8 Å². The predicted octanol–water partition coefficient (Wildman–Crippen LogP) is 6.37. The van der Waals surface area contributed by atoms with Crippen LogP contribution in [-0.4, -0.2) is 18.5 Å². The Kier molecular flexibility index (Phi) is 6.65. The molecule has 1 aromatic carbocycles. The third-order valence-corrected chi connectivity index (χ3v) is 4.61. The van der Waals surface area contributed by atoms with Crippen molar-refractivity contribution in [1.29, 1.82) is 0 Å². The zero-order valence-corrected chi connectivity index (χ0v) is 15.2. The van der Waals surface area contributed by atoms with Crippen molar-refractivity contribution in [3.05, 3.63) is 58.4 Å². The number of benzene rings is 1. The molecule has 1 nitrogen and oxygen atoms in total. The van der Waals surface area contributed by atoms with Gasteiger partial charge in [-0.3, -0.25) is 0 Å². The maximum absolute atomic E-state index is 14.1. The first-order valence-corrected chi connectivity index (χ1v) is 8.92. The number of rotatable bonds is 8. The molecule has 0 aliphatic heterocycles. The Morgan fingerprint density at radius 1 is 0.815 bits per heavy atom. The third kappa shape index (κ3) is 4.17. The fourth-order valence-electron chi connectivity index (χ4n) is 3.00. The fourth-order valence-corrected chi connectivity index (χ4v) is 3.00. The van der Waals surface area contributed by atoms with E-state index in [0.717, 1.165) is 12.2 Å². The molecule has 1 aromatic rings. The van der Waals surface area contributed by atoms with Crippen LogP contribution in [0.15, 0.2) is 35.6 Å². The first kappa shape index (κ1) is 21.4. The van der Waals surface area contributed by atoms with Crippen molar-refractivity contribution in [2.75, 3.05) is 6.61 Å². The van der Waals surface area contributed by atoms with Crippen molar-refractivity contribution < 1.29 is 31.1 Å². The highest BCUT2D eigenvalue weighted by molar-refractivity contribution is 5.35. The number of halogens is 6. The van der Waals surface area contributed by atoms with Crippen LogP contribution < -0.4 is 0 Å². The van der Waals surface area contributed by atoms with Gasteiger partial charge in [-0.05, 0) is 56.2 Å². The molecule has 0 spiro atoms. The molecule has 0 radical (unpaired) electrons. The summed E-state index contributed by atoms with van der Waals surface area (Å²) in [7, 11) is 0. The Hall–Kier alpha value is -1.92. The lowest BCUT2D eigenvalue weighted by Gasteiger charge is -2.32. The molecule has 27 heavy (non-hydrogen) atoms. The lowest BCUT2D eigenvalue weighted by Crippen LogP contribution is -2.46. The number of allylic oxidation sites excluding steroid dienone is 4. The Morgan fingerprint density at radius 3 is 2.04 bits per heavy atom. The second kappa shape index (κ2) is 8.40. The molecule has 0 atom stereocenters. The topological polar surface area (TPSA) is 9.23 Å². The zero-order valence-electron chi connectivity index (χ0n) is 15.2. The molecule has 0 unspecified atom stereocenters. The van der Waals surface area contributed by atoms with Crippen LogP contribution in [0.25, 0.3) is 0 Å². The van der Waals surface area contributed by atoms with Gasteiger partial charge in [0.1, 0.15) is 0 Å². The quantitative estimate of drug-likeness (QED) is 0.369. The van der Waals surface area contributed by atoms with E-state index in [2.05, 4.69) is 4.74 Å². The van der Waals surface area contributed by atoms with Gasteiger partial charge in [-0.2, -0.15) is 17.6 Å². The largest absolute Gasteiger partial charge is 0.492 e. The maximum Gasteiger partial charge on any atom is 0.369 e. The summed E-state index contributed by atoms with van der Waals surface area (Å²) in [6, 6.07) is 2.96. The van der Waals surface area contributed by atoms with Crippen molar-refractivity contribution in [2.45, 2.75) is 57.8 Å². The lowest BCUT2D eigenvalue weighted by atomic mass is 9.91. The summed E-state index contributed by atoms with van der Waals surface area (Å²) in [5.41, 5.74) is -0.274. The predicted molar refractivity (Wildman–Crippen MR) is 91.0 cm³/mol. The molecule has 150 valence electrons. The second-order valence-electron chi connectivity index (χ2n) is 6.38. The van der Waals surface area contributed by atoms with Crippen molar-refractivity contribution in [3.63, 3.8) is 0 Å². The van der Waals surface area contributed by atoms with Crippen molar-refractivity contribution >= 4 is 0 Å². The van der Waals surface area contributed by atoms with Crippen LogP contribution in [0.5, 0.6) is 0 Å². The van der Waals surface area contributed by atoms with Crippen LogP contribution in [-0.2, 0) is 17.6 Å². The van der Waals surface area contributed by atoms with Crippen LogP contribution in [0.4, 0.5) is 26.3 Å². The average Bonchev–Trinajstić information content (AvgIpc) is 2.61. The van der Waals surface area contributed by atoms with E-state index in [1.54, 1.807) is 6.92 Å². The van der Waals surface area contributed by atoms with Gasteiger partial charge in [0.25, 0.3) is 0 Å². The summed E-state index contributed by atoms with van der Waals surface area (Å²) in [5, 5.41) is 0. The zero-order chi connectivity index (χ0) is 20.2. The molecule has 0 N–H and O–H groups in total. The lowest BCUT2D eigenvalue weighted by molar-refractivity contribution is -0.186. The highest BCUT2D eigenvalue weighted by Gasteiger charge is 2.63. The molecule has 0 fully saturated rings. The molecule has 0 saturated carbocycles. The van der Waals surface area contributed by atoms with Gasteiger partial charge in [0.15, 0.2) is 17.4 Å². The van der Waals surface area contributed by atoms with Gasteiger partial charge in [0, 0.05) is 5.57 Å². The Labute approximate surface area is 154 Å². The summed E-state index contributed by atoms with van der Waals surface area (Å²) >= 11 is 0. The summed E-state index contributed by atoms with van der Waals surface area (Å²) in [5.74, 6) is -11.6. The standard InChI is InChI=1S/C20H22F6O/c1-3-13-9-10-14(18(22)17(13)21)7-5-6-8-15-11-12-16(27-4-2)20(25,26)19(15,23)24/h9-12H,3-8H2,1-2H3. The van der Waals surface area contributed by atoms with Crippen molar-refractivity contribution in [2.24, 2.45) is 0 Å². The van der Waals surface area contributed by atoms with E-state index in [0.29, 0.717) is 6.42 Å². The van der Waals surface area contributed by atoms with Gasteiger partial charge in [0.2, 0.25) is 0 Å². The molecule has 0 bridgehead atoms. The molecule has 0 amide bonds. The van der Waals surface area contributed by atoms with E-state index in [1.807, 2.05) is 0 Å². The highest BCUT2D eigenvalue weighted by atomic mass is 19.3. The third-order valence-electron chi connectivity index (χ3n) is 4.61. The van der Waals surface area contributed by atoms with Crippen molar-refractivity contribution in [1.82, 2.24) is 0 Å². The van der Waals surface area contributed by atoms with E-state index in [9.17, 15) is 26.3 Å². The van der Waals surface area contributed by atoms with E-state index in [1.165, 1.54) is 19.1 Å². The molecular formula is C20H22F6O.